The molecule has 0 heterocycles. The summed E-state index contributed by atoms with van der Waals surface area (Å²) in [5.74, 6) is 0.189. The first-order valence-corrected chi connectivity index (χ1v) is 14.1. The molecule has 1 fully saturated rings. The number of ketones is 2. The van der Waals surface area contributed by atoms with Crippen LogP contribution in [0.2, 0.25) is 0 Å². The van der Waals surface area contributed by atoms with Crippen molar-refractivity contribution in [3.05, 3.63) is 149 Å². The molecular weight excluding hydrogens is 488 g/mol. The minimum absolute atomic E-state index is 0.0651. The molecule has 4 aromatic rings. The summed E-state index contributed by atoms with van der Waals surface area (Å²) in [4.78, 5) is 30.3. The van der Waals surface area contributed by atoms with E-state index in [4.69, 9.17) is 0 Å². The van der Waals surface area contributed by atoms with Crippen molar-refractivity contribution in [1.82, 2.24) is 0 Å². The summed E-state index contributed by atoms with van der Waals surface area (Å²) < 4.78 is 0. The number of benzene rings is 4. The van der Waals surface area contributed by atoms with E-state index in [0.717, 1.165) is 44.5 Å². The summed E-state index contributed by atoms with van der Waals surface area (Å²) in [5, 5.41) is 0. The van der Waals surface area contributed by atoms with Crippen LogP contribution in [0.1, 0.15) is 49.9 Å². The molecule has 0 aliphatic heterocycles. The van der Waals surface area contributed by atoms with Crippen LogP contribution >= 0.6 is 0 Å². The Morgan fingerprint density at radius 3 is 1.30 bits per heavy atom. The van der Waals surface area contributed by atoms with E-state index < -0.39 is 21.7 Å². The maximum atomic E-state index is 15.4. The van der Waals surface area contributed by atoms with E-state index in [1.54, 1.807) is 0 Å². The molecule has 4 atom stereocenters. The number of rotatable bonds is 4. The zero-order chi connectivity index (χ0) is 27.9. The molecule has 4 aromatic carbocycles. The summed E-state index contributed by atoms with van der Waals surface area (Å²) >= 11 is 0. The Balaban J connectivity index is 1.73. The standard InChI is InChI=1S/C38H32O2/c1-25-30(26-17-9-5-10-18-26)38(29-23-15-8-16-24-29)36(3)32(28-21-13-7-14-22-28)31(27-19-11-6-12-20-27)35(2,34(36)40)37(38,4)33(25)39/h5-24H,1-4H3/t35?,36?,37-,38+/m0/s1. The van der Waals surface area contributed by atoms with Gasteiger partial charge in [0.15, 0.2) is 11.6 Å². The fourth-order valence-electron chi connectivity index (χ4n) is 9.13. The zero-order valence-corrected chi connectivity index (χ0v) is 23.4. The van der Waals surface area contributed by atoms with Crippen LogP contribution in [0.25, 0.3) is 16.7 Å². The van der Waals surface area contributed by atoms with Gasteiger partial charge in [0.2, 0.25) is 0 Å². The topological polar surface area (TPSA) is 34.1 Å². The minimum Gasteiger partial charge on any atom is -0.298 e. The highest BCUT2D eigenvalue weighted by Crippen LogP contribution is 2.86. The van der Waals surface area contributed by atoms with Gasteiger partial charge in [-0.2, -0.15) is 0 Å². The predicted octanol–water partition coefficient (Wildman–Crippen LogP) is 8.21. The lowest BCUT2D eigenvalue weighted by molar-refractivity contribution is -0.134. The van der Waals surface area contributed by atoms with Gasteiger partial charge in [-0.3, -0.25) is 9.59 Å². The molecule has 0 spiro atoms. The molecular formula is C38H32O2. The van der Waals surface area contributed by atoms with E-state index in [1.807, 2.05) is 79.7 Å². The van der Waals surface area contributed by atoms with Crippen LogP contribution in [0.4, 0.5) is 0 Å². The van der Waals surface area contributed by atoms with Crippen LogP contribution in [-0.4, -0.2) is 11.6 Å². The van der Waals surface area contributed by atoms with Crippen molar-refractivity contribution in [3.63, 3.8) is 0 Å². The molecule has 2 heteroatoms. The second kappa shape index (κ2) is 8.11. The highest BCUT2D eigenvalue weighted by atomic mass is 16.1. The molecule has 3 aliphatic rings. The number of fused-ring (bicyclic) bond motifs is 5. The Morgan fingerprint density at radius 1 is 0.475 bits per heavy atom. The highest BCUT2D eigenvalue weighted by molar-refractivity contribution is 6.33. The second-order valence-corrected chi connectivity index (χ2v) is 12.0. The van der Waals surface area contributed by atoms with Crippen molar-refractivity contribution < 1.29 is 9.59 Å². The molecule has 2 unspecified atom stereocenters. The first kappa shape index (κ1) is 24.7. The van der Waals surface area contributed by atoms with E-state index in [-0.39, 0.29) is 11.6 Å². The Kier molecular flexibility index (Phi) is 5.01. The van der Waals surface area contributed by atoms with Crippen LogP contribution in [-0.2, 0) is 15.0 Å². The van der Waals surface area contributed by atoms with Crippen molar-refractivity contribution in [1.29, 1.82) is 0 Å². The molecule has 2 nitrogen and oxygen atoms in total. The van der Waals surface area contributed by atoms with Crippen molar-refractivity contribution in [2.24, 2.45) is 16.2 Å². The Bertz CT molecular complexity index is 1750. The van der Waals surface area contributed by atoms with Crippen LogP contribution in [0, 0.1) is 16.2 Å². The number of hydrogen-bond acceptors (Lipinski definition) is 2. The van der Waals surface area contributed by atoms with Gasteiger partial charge in [0.25, 0.3) is 0 Å². The summed E-state index contributed by atoms with van der Waals surface area (Å²) in [6.45, 7) is 8.23. The van der Waals surface area contributed by atoms with E-state index >= 15 is 4.79 Å². The molecule has 1 saturated carbocycles. The Hall–Kier alpha value is -4.30. The average molecular weight is 521 g/mol. The van der Waals surface area contributed by atoms with Gasteiger partial charge >= 0.3 is 0 Å². The summed E-state index contributed by atoms with van der Waals surface area (Å²) in [7, 11) is 0. The third kappa shape index (κ3) is 2.47. The van der Waals surface area contributed by atoms with Crippen molar-refractivity contribution in [3.8, 4) is 0 Å². The van der Waals surface area contributed by atoms with E-state index in [9.17, 15) is 4.79 Å². The van der Waals surface area contributed by atoms with Crippen LogP contribution in [0.3, 0.4) is 0 Å². The van der Waals surface area contributed by atoms with Gasteiger partial charge in [-0.15, -0.1) is 0 Å². The first-order valence-electron chi connectivity index (χ1n) is 14.1. The molecule has 0 radical (unpaired) electrons. The predicted molar refractivity (Wildman–Crippen MR) is 161 cm³/mol. The molecule has 0 N–H and O–H groups in total. The van der Waals surface area contributed by atoms with Crippen LogP contribution in [0.15, 0.2) is 127 Å². The molecule has 0 saturated heterocycles. The molecule has 3 aliphatic carbocycles. The van der Waals surface area contributed by atoms with Crippen molar-refractivity contribution >= 4 is 28.3 Å². The molecule has 7 rings (SSSR count). The van der Waals surface area contributed by atoms with E-state index in [0.29, 0.717) is 0 Å². The lowest BCUT2D eigenvalue weighted by atomic mass is 9.43. The normalized spacial score (nSPS) is 30.8. The SMILES string of the molecule is CC1=C(c2ccccc2)[C@]2(c3ccccc3)C3(C)C(=O)C(C)(C(c4ccccc4)=C3c3ccccc3)[C@]2(C)C1=O. The molecule has 40 heavy (non-hydrogen) atoms. The van der Waals surface area contributed by atoms with Crippen molar-refractivity contribution in [2.45, 2.75) is 33.1 Å². The van der Waals surface area contributed by atoms with Gasteiger partial charge in [-0.05, 0) is 72.2 Å². The molecule has 0 amide bonds. The highest BCUT2D eigenvalue weighted by Gasteiger charge is 2.88. The van der Waals surface area contributed by atoms with Gasteiger partial charge in [0, 0.05) is 0 Å². The maximum absolute atomic E-state index is 15.4. The number of Topliss-reactive ketones (excluding diaryl/α,β-unsaturated/α-hetero) is 2. The fourth-order valence-corrected chi connectivity index (χ4v) is 9.13. The van der Waals surface area contributed by atoms with Crippen LogP contribution < -0.4 is 0 Å². The molecule has 196 valence electrons. The average Bonchev–Trinajstić information content (AvgIpc) is 3.37. The summed E-state index contributed by atoms with van der Waals surface area (Å²) in [5.41, 5.74) is 3.79. The number of carbonyl (C=O) groups is 2. The Morgan fingerprint density at radius 2 is 0.850 bits per heavy atom. The van der Waals surface area contributed by atoms with E-state index in [1.165, 1.54) is 0 Å². The minimum atomic E-state index is -1.06. The van der Waals surface area contributed by atoms with Crippen LogP contribution in [0.5, 0.6) is 0 Å². The number of allylic oxidation sites excluding steroid dienone is 4. The fraction of sp³-hybridized carbons (Fsp3) is 0.211. The lowest BCUT2D eigenvalue weighted by Gasteiger charge is -2.55. The van der Waals surface area contributed by atoms with Gasteiger partial charge in [-0.1, -0.05) is 121 Å². The zero-order valence-electron chi connectivity index (χ0n) is 23.4. The third-order valence-electron chi connectivity index (χ3n) is 10.6. The van der Waals surface area contributed by atoms with Gasteiger partial charge in [0.05, 0.1) is 21.7 Å². The van der Waals surface area contributed by atoms with Gasteiger partial charge in [-0.25, -0.2) is 0 Å². The van der Waals surface area contributed by atoms with Gasteiger partial charge in [0.1, 0.15) is 0 Å². The monoisotopic (exact) mass is 520 g/mol. The third-order valence-corrected chi connectivity index (χ3v) is 10.6. The maximum Gasteiger partial charge on any atom is 0.167 e. The molecule has 0 aromatic heterocycles. The number of hydrogen-bond donors (Lipinski definition) is 0. The number of carbonyl (C=O) groups excluding carboxylic acids is 2. The first-order chi connectivity index (χ1) is 19.3. The smallest absolute Gasteiger partial charge is 0.167 e. The lowest BCUT2D eigenvalue weighted by Crippen LogP contribution is -2.56. The van der Waals surface area contributed by atoms with Crippen molar-refractivity contribution in [2.75, 3.05) is 0 Å². The quantitative estimate of drug-likeness (QED) is 0.272. The summed E-state index contributed by atoms with van der Waals surface area (Å²) in [6, 6.07) is 41.1. The largest absolute Gasteiger partial charge is 0.298 e. The Labute approximate surface area is 236 Å². The second-order valence-electron chi connectivity index (χ2n) is 12.0. The van der Waals surface area contributed by atoms with Gasteiger partial charge < -0.3 is 0 Å². The molecule has 2 bridgehead atoms. The summed E-state index contributed by atoms with van der Waals surface area (Å²) in [6.07, 6.45) is 0. The van der Waals surface area contributed by atoms with E-state index in [2.05, 4.69) is 69.3 Å².